The minimum Gasteiger partial charge on any atom is -0.352 e. The lowest BCUT2D eigenvalue weighted by molar-refractivity contribution is -0.659. The van der Waals surface area contributed by atoms with E-state index >= 15 is 0 Å². The number of fused-ring (bicyclic) bond motifs is 1. The maximum Gasteiger partial charge on any atom is 0.333 e. The Morgan fingerprint density at radius 1 is 1.16 bits per heavy atom. The monoisotopic (exact) mass is 342 g/mol. The average molecular weight is 342 g/mol. The van der Waals surface area contributed by atoms with E-state index in [2.05, 4.69) is 10.3 Å². The number of H-pyrrole nitrogens is 1. The van der Waals surface area contributed by atoms with Gasteiger partial charge in [0.15, 0.2) is 6.54 Å². The van der Waals surface area contributed by atoms with E-state index < -0.39 is 11.2 Å². The summed E-state index contributed by atoms with van der Waals surface area (Å²) in [5.74, 6) is -0.197. The predicted molar refractivity (Wildman–Crippen MR) is 92.1 cm³/mol. The number of aryl methyl sites for hydroxylation is 1. The van der Waals surface area contributed by atoms with Crippen molar-refractivity contribution in [1.29, 1.82) is 0 Å². The first-order chi connectivity index (χ1) is 12.0. The lowest BCUT2D eigenvalue weighted by Gasteiger charge is -2.05. The smallest absolute Gasteiger partial charge is 0.333 e. The summed E-state index contributed by atoms with van der Waals surface area (Å²) in [6.45, 7) is 0.518. The number of imidazole rings is 1. The molecule has 0 unspecified atom stereocenters. The van der Waals surface area contributed by atoms with Gasteiger partial charge in [-0.2, -0.15) is 0 Å². The van der Waals surface area contributed by atoms with Crippen LogP contribution in [0.2, 0.25) is 0 Å². The summed E-state index contributed by atoms with van der Waals surface area (Å²) < 4.78 is 3.90. The van der Waals surface area contributed by atoms with Crippen molar-refractivity contribution in [2.24, 2.45) is 14.1 Å². The number of nitrogens with one attached hydrogen (secondary N) is 2. The third kappa shape index (κ3) is 3.23. The molecule has 0 bridgehead atoms. The van der Waals surface area contributed by atoms with Crippen LogP contribution in [0, 0.1) is 0 Å². The molecule has 0 aliphatic heterocycles. The number of carbonyl (C=O) groups excluding carboxylic acids is 1. The molecule has 0 aliphatic rings. The molecule has 8 heteroatoms. The van der Waals surface area contributed by atoms with Gasteiger partial charge in [-0.3, -0.25) is 18.7 Å². The Bertz CT molecular complexity index is 1030. The molecule has 0 saturated heterocycles. The minimum atomic E-state index is -0.434. The Kier molecular flexibility index (Phi) is 4.51. The van der Waals surface area contributed by atoms with Gasteiger partial charge in [-0.25, -0.2) is 14.3 Å². The summed E-state index contributed by atoms with van der Waals surface area (Å²) in [7, 11) is 2.99. The van der Waals surface area contributed by atoms with Gasteiger partial charge in [-0.1, -0.05) is 30.3 Å². The first-order valence-electron chi connectivity index (χ1n) is 7.96. The van der Waals surface area contributed by atoms with Crippen LogP contribution in [-0.2, 0) is 31.9 Å². The fourth-order valence-electron chi connectivity index (χ4n) is 2.78. The molecule has 0 radical (unpaired) electrons. The third-order valence-electron chi connectivity index (χ3n) is 4.18. The average Bonchev–Trinajstić information content (AvgIpc) is 3.02. The number of hydrogen-bond acceptors (Lipinski definition) is 3. The van der Waals surface area contributed by atoms with Gasteiger partial charge < -0.3 is 5.32 Å². The zero-order valence-electron chi connectivity index (χ0n) is 14.2. The van der Waals surface area contributed by atoms with Crippen LogP contribution in [0.15, 0.2) is 46.2 Å². The van der Waals surface area contributed by atoms with Crippen LogP contribution in [0.5, 0.6) is 0 Å². The highest BCUT2D eigenvalue weighted by Crippen LogP contribution is 1.99. The lowest BCUT2D eigenvalue weighted by atomic mass is 10.1. The van der Waals surface area contributed by atoms with Gasteiger partial charge >= 0.3 is 11.2 Å². The second-order valence-electron chi connectivity index (χ2n) is 5.89. The van der Waals surface area contributed by atoms with Crippen molar-refractivity contribution < 1.29 is 9.36 Å². The number of carbonyl (C=O) groups is 1. The second kappa shape index (κ2) is 6.76. The molecule has 0 saturated carbocycles. The van der Waals surface area contributed by atoms with Gasteiger partial charge in [0.25, 0.3) is 17.1 Å². The van der Waals surface area contributed by atoms with Gasteiger partial charge in [0.05, 0.1) is 0 Å². The molecular formula is C17H20N5O3+. The number of aromatic amines is 1. The summed E-state index contributed by atoms with van der Waals surface area (Å²) in [5, 5.41) is 2.84. The fraction of sp³-hybridized carbons (Fsp3) is 0.294. The van der Waals surface area contributed by atoms with Crippen LogP contribution in [-0.4, -0.2) is 26.6 Å². The molecule has 0 spiro atoms. The van der Waals surface area contributed by atoms with Crippen LogP contribution in [0.1, 0.15) is 5.56 Å². The van der Waals surface area contributed by atoms with Crippen LogP contribution in [0.25, 0.3) is 11.2 Å². The van der Waals surface area contributed by atoms with Crippen molar-refractivity contribution in [2.45, 2.75) is 13.0 Å². The SMILES string of the molecule is Cn1c(=O)c2c([nH]c[n+]2CC(=O)NCCc2ccccc2)n(C)c1=O. The molecule has 25 heavy (non-hydrogen) atoms. The molecule has 8 nitrogen and oxygen atoms in total. The Labute approximate surface area is 143 Å². The minimum absolute atomic E-state index is 0.00222. The predicted octanol–water partition coefficient (Wildman–Crippen LogP) is -0.788. The van der Waals surface area contributed by atoms with Crippen molar-refractivity contribution in [1.82, 2.24) is 19.4 Å². The van der Waals surface area contributed by atoms with Crippen LogP contribution >= 0.6 is 0 Å². The number of nitrogens with zero attached hydrogens (tertiary/aromatic N) is 3. The van der Waals surface area contributed by atoms with Crippen LogP contribution < -0.4 is 21.1 Å². The molecule has 0 aliphatic carbocycles. The third-order valence-corrected chi connectivity index (χ3v) is 4.18. The van der Waals surface area contributed by atoms with E-state index in [0.29, 0.717) is 17.7 Å². The Hall–Kier alpha value is -3.16. The standard InChI is InChI=1S/C17H19N5O3/c1-20-15-14(16(24)21(2)17(20)25)22(11-19-15)10-13(23)18-9-8-12-6-4-3-5-7-12/h3-7,11H,8-10H2,1-2H3,(H,18,23)/p+1. The Balaban J connectivity index is 1.74. The normalized spacial score (nSPS) is 11.0. The van der Waals surface area contributed by atoms with E-state index in [1.807, 2.05) is 30.3 Å². The van der Waals surface area contributed by atoms with Gasteiger partial charge in [-0.05, 0) is 12.0 Å². The molecule has 2 N–H and O–H groups in total. The second-order valence-corrected chi connectivity index (χ2v) is 5.89. The van der Waals surface area contributed by atoms with Gasteiger partial charge in [0, 0.05) is 20.6 Å². The molecular weight excluding hydrogens is 322 g/mol. The van der Waals surface area contributed by atoms with E-state index in [9.17, 15) is 14.4 Å². The maximum atomic E-state index is 12.3. The van der Waals surface area contributed by atoms with Gasteiger partial charge in [0.2, 0.25) is 6.33 Å². The summed E-state index contributed by atoms with van der Waals surface area (Å²) >= 11 is 0. The molecule has 1 aromatic carbocycles. The highest BCUT2D eigenvalue weighted by atomic mass is 16.2. The zero-order chi connectivity index (χ0) is 18.0. The number of amides is 1. The lowest BCUT2D eigenvalue weighted by Crippen LogP contribution is -2.47. The first-order valence-corrected chi connectivity index (χ1v) is 7.96. The first kappa shape index (κ1) is 16.7. The van der Waals surface area contributed by atoms with E-state index in [1.54, 1.807) is 7.05 Å². The topological polar surface area (TPSA) is 92.8 Å². The fourth-order valence-corrected chi connectivity index (χ4v) is 2.78. The highest BCUT2D eigenvalue weighted by Gasteiger charge is 2.21. The Morgan fingerprint density at radius 3 is 2.60 bits per heavy atom. The summed E-state index contributed by atoms with van der Waals surface area (Å²) in [5.41, 5.74) is 0.981. The Morgan fingerprint density at radius 2 is 1.88 bits per heavy atom. The van der Waals surface area contributed by atoms with Crippen LogP contribution in [0.3, 0.4) is 0 Å². The number of rotatable bonds is 5. The molecule has 0 atom stereocenters. The number of benzene rings is 1. The molecule has 2 heterocycles. The molecule has 3 rings (SSSR count). The molecule has 0 fully saturated rings. The van der Waals surface area contributed by atoms with Crippen molar-refractivity contribution in [3.8, 4) is 0 Å². The number of hydrogen-bond donors (Lipinski definition) is 2. The molecule has 3 aromatic rings. The molecule has 1 amide bonds. The summed E-state index contributed by atoms with van der Waals surface area (Å²) in [4.78, 5) is 39.3. The van der Waals surface area contributed by atoms with Gasteiger partial charge in [0.1, 0.15) is 0 Å². The van der Waals surface area contributed by atoms with Crippen molar-refractivity contribution in [3.63, 3.8) is 0 Å². The molecule has 2 aromatic heterocycles. The van der Waals surface area contributed by atoms with Gasteiger partial charge in [-0.15, -0.1) is 0 Å². The summed E-state index contributed by atoms with van der Waals surface area (Å²) in [6, 6.07) is 9.87. The van der Waals surface area contributed by atoms with Crippen LogP contribution in [0.4, 0.5) is 0 Å². The van der Waals surface area contributed by atoms with Crippen molar-refractivity contribution >= 4 is 17.1 Å². The zero-order valence-corrected chi connectivity index (χ0v) is 14.2. The molecule has 130 valence electrons. The van der Waals surface area contributed by atoms with E-state index in [1.165, 1.54) is 22.5 Å². The quantitative estimate of drug-likeness (QED) is 0.595. The van der Waals surface area contributed by atoms with E-state index in [0.717, 1.165) is 16.6 Å². The summed E-state index contributed by atoms with van der Waals surface area (Å²) in [6.07, 6.45) is 2.27. The van der Waals surface area contributed by atoms with E-state index in [-0.39, 0.29) is 12.5 Å². The van der Waals surface area contributed by atoms with E-state index in [4.69, 9.17) is 0 Å². The van der Waals surface area contributed by atoms with Crippen molar-refractivity contribution in [3.05, 3.63) is 63.1 Å². The number of aromatic nitrogens is 4. The van der Waals surface area contributed by atoms with Crippen molar-refractivity contribution in [2.75, 3.05) is 6.54 Å². The maximum absolute atomic E-state index is 12.3. The largest absolute Gasteiger partial charge is 0.352 e. The highest BCUT2D eigenvalue weighted by molar-refractivity contribution is 5.75.